The molecule has 0 aromatic carbocycles. The van der Waals surface area contributed by atoms with E-state index < -0.39 is 29.6 Å². The Labute approximate surface area is 150 Å². The Morgan fingerprint density at radius 1 is 1.32 bits per heavy atom. The summed E-state index contributed by atoms with van der Waals surface area (Å²) in [6.07, 6.45) is 0.832. The van der Waals surface area contributed by atoms with Crippen molar-refractivity contribution in [2.45, 2.75) is 32.4 Å². The third-order valence-corrected chi connectivity index (χ3v) is 3.87. The summed E-state index contributed by atoms with van der Waals surface area (Å²) in [7, 11) is 0. The van der Waals surface area contributed by atoms with Crippen LogP contribution in [0.4, 0.5) is 4.79 Å². The predicted molar refractivity (Wildman–Crippen MR) is 89.5 cm³/mol. The molecule has 1 fully saturated rings. The van der Waals surface area contributed by atoms with Crippen LogP contribution in [0.15, 0.2) is 18.3 Å². The number of halogens is 1. The molecule has 0 spiro atoms. The molecule has 136 valence electrons. The van der Waals surface area contributed by atoms with Gasteiger partial charge in [0.2, 0.25) is 0 Å². The van der Waals surface area contributed by atoms with Crippen LogP contribution in [0.5, 0.6) is 0 Å². The molecule has 0 saturated carbocycles. The number of carbonyl (C=O) groups excluding carboxylic acids is 2. The number of ether oxygens (including phenoxy) is 1. The van der Waals surface area contributed by atoms with Gasteiger partial charge in [-0.15, -0.1) is 0 Å². The first-order chi connectivity index (χ1) is 11.6. The van der Waals surface area contributed by atoms with Gasteiger partial charge in [-0.2, -0.15) is 0 Å². The van der Waals surface area contributed by atoms with Crippen LogP contribution in [0.3, 0.4) is 0 Å². The first-order valence-electron chi connectivity index (χ1n) is 7.72. The second-order valence-corrected chi connectivity index (χ2v) is 6.98. The summed E-state index contributed by atoms with van der Waals surface area (Å²) in [5, 5.41) is 9.49. The van der Waals surface area contributed by atoms with Crippen LogP contribution in [0, 0.1) is 0 Å². The Balaban J connectivity index is 2.17. The van der Waals surface area contributed by atoms with E-state index in [0.717, 1.165) is 0 Å². The fourth-order valence-electron chi connectivity index (χ4n) is 2.43. The first kappa shape index (κ1) is 19.0. The lowest BCUT2D eigenvalue weighted by Crippen LogP contribution is -2.59. The van der Waals surface area contributed by atoms with Crippen molar-refractivity contribution in [2.24, 2.45) is 0 Å². The van der Waals surface area contributed by atoms with Gasteiger partial charge in [-0.25, -0.2) is 14.6 Å². The minimum absolute atomic E-state index is 0.00575. The molecule has 25 heavy (non-hydrogen) atoms. The van der Waals surface area contributed by atoms with Crippen LogP contribution in [0.25, 0.3) is 0 Å². The van der Waals surface area contributed by atoms with Gasteiger partial charge in [-0.3, -0.25) is 4.79 Å². The standard InChI is InChI=1S/C16H20ClN3O5/c1-16(2,3)25-15(24)19-7-8-20(11(9-19)14(22)23)13(21)10-5-4-6-18-12(10)17/h4-6,11H,7-9H2,1-3H3,(H,22,23)/t11-/m1/s1. The Morgan fingerprint density at radius 2 is 2.00 bits per heavy atom. The lowest BCUT2D eigenvalue weighted by Gasteiger charge is -2.39. The quantitative estimate of drug-likeness (QED) is 0.799. The van der Waals surface area contributed by atoms with E-state index >= 15 is 0 Å². The number of amides is 2. The SMILES string of the molecule is CC(C)(C)OC(=O)N1CCN(C(=O)c2cccnc2Cl)[C@@H](C(=O)O)C1. The van der Waals surface area contributed by atoms with Crippen molar-refractivity contribution >= 4 is 29.6 Å². The molecule has 1 aromatic rings. The van der Waals surface area contributed by atoms with Crippen molar-refractivity contribution in [3.63, 3.8) is 0 Å². The van der Waals surface area contributed by atoms with Gasteiger partial charge in [-0.1, -0.05) is 11.6 Å². The highest BCUT2D eigenvalue weighted by molar-refractivity contribution is 6.32. The third-order valence-electron chi connectivity index (χ3n) is 3.57. The van der Waals surface area contributed by atoms with Crippen LogP contribution in [0.1, 0.15) is 31.1 Å². The monoisotopic (exact) mass is 369 g/mol. The molecule has 2 amide bonds. The molecule has 9 heteroatoms. The van der Waals surface area contributed by atoms with E-state index in [4.69, 9.17) is 16.3 Å². The molecule has 1 aliphatic rings. The molecule has 0 aliphatic carbocycles. The average Bonchev–Trinajstić information content (AvgIpc) is 2.52. The molecule has 0 unspecified atom stereocenters. The Bertz CT molecular complexity index is 689. The third kappa shape index (κ3) is 4.60. The smallest absolute Gasteiger partial charge is 0.410 e. The number of nitrogens with zero attached hydrogens (tertiary/aromatic N) is 3. The number of aliphatic carboxylic acids is 1. The number of piperazine rings is 1. The van der Waals surface area contributed by atoms with Gasteiger partial charge in [0.15, 0.2) is 0 Å². The Kier molecular flexibility index (Phi) is 5.52. The van der Waals surface area contributed by atoms with Gasteiger partial charge in [0.1, 0.15) is 16.8 Å². The zero-order valence-electron chi connectivity index (χ0n) is 14.2. The van der Waals surface area contributed by atoms with E-state index in [-0.39, 0.29) is 30.4 Å². The van der Waals surface area contributed by atoms with Crippen molar-refractivity contribution in [1.29, 1.82) is 0 Å². The second-order valence-electron chi connectivity index (χ2n) is 6.62. The summed E-state index contributed by atoms with van der Waals surface area (Å²) in [5.74, 6) is -1.74. The van der Waals surface area contributed by atoms with Gasteiger partial charge in [0, 0.05) is 19.3 Å². The van der Waals surface area contributed by atoms with E-state index in [1.807, 2.05) is 0 Å². The highest BCUT2D eigenvalue weighted by Crippen LogP contribution is 2.20. The number of hydrogen-bond acceptors (Lipinski definition) is 5. The highest BCUT2D eigenvalue weighted by atomic mass is 35.5. The maximum Gasteiger partial charge on any atom is 0.410 e. The minimum atomic E-state index is -1.21. The zero-order chi connectivity index (χ0) is 18.8. The van der Waals surface area contributed by atoms with Crippen LogP contribution >= 0.6 is 11.6 Å². The minimum Gasteiger partial charge on any atom is -0.480 e. The van der Waals surface area contributed by atoms with E-state index in [9.17, 15) is 19.5 Å². The number of hydrogen-bond donors (Lipinski definition) is 1. The second kappa shape index (κ2) is 7.26. The van der Waals surface area contributed by atoms with E-state index in [1.165, 1.54) is 22.1 Å². The summed E-state index contributed by atoms with van der Waals surface area (Å²) < 4.78 is 5.26. The maximum absolute atomic E-state index is 12.6. The van der Waals surface area contributed by atoms with Gasteiger partial charge >= 0.3 is 12.1 Å². The molecule has 0 bridgehead atoms. The molecule has 1 aliphatic heterocycles. The summed E-state index contributed by atoms with van der Waals surface area (Å²) in [6, 6.07) is 1.84. The van der Waals surface area contributed by atoms with Crippen molar-refractivity contribution < 1.29 is 24.2 Å². The van der Waals surface area contributed by atoms with Gasteiger partial charge in [0.25, 0.3) is 5.91 Å². The van der Waals surface area contributed by atoms with Crippen LogP contribution < -0.4 is 0 Å². The largest absolute Gasteiger partial charge is 0.480 e. The number of pyridine rings is 1. The average molecular weight is 370 g/mol. The lowest BCUT2D eigenvalue weighted by molar-refractivity contribution is -0.144. The van der Waals surface area contributed by atoms with Crippen LogP contribution in [-0.2, 0) is 9.53 Å². The van der Waals surface area contributed by atoms with Crippen molar-refractivity contribution in [2.75, 3.05) is 19.6 Å². The molecule has 0 radical (unpaired) electrons. The molecule has 1 atom stereocenters. The molecule has 1 saturated heterocycles. The predicted octanol–water partition coefficient (Wildman–Crippen LogP) is 1.88. The number of carboxylic acids is 1. The molecule has 2 rings (SSSR count). The molecular weight excluding hydrogens is 350 g/mol. The Hall–Kier alpha value is -2.35. The molecule has 1 aromatic heterocycles. The fourth-order valence-corrected chi connectivity index (χ4v) is 2.63. The number of carbonyl (C=O) groups is 3. The van der Waals surface area contributed by atoms with Crippen LogP contribution in [-0.4, -0.2) is 69.1 Å². The van der Waals surface area contributed by atoms with Crippen LogP contribution in [0.2, 0.25) is 5.15 Å². The van der Waals surface area contributed by atoms with Crippen molar-refractivity contribution in [3.8, 4) is 0 Å². The molecule has 2 heterocycles. The normalized spacial score (nSPS) is 18.0. The van der Waals surface area contributed by atoms with Crippen molar-refractivity contribution in [3.05, 3.63) is 29.0 Å². The van der Waals surface area contributed by atoms with Crippen molar-refractivity contribution in [1.82, 2.24) is 14.8 Å². The number of aromatic nitrogens is 1. The molecule has 8 nitrogen and oxygen atoms in total. The summed E-state index contributed by atoms with van der Waals surface area (Å²) in [4.78, 5) is 42.7. The summed E-state index contributed by atoms with van der Waals surface area (Å²) in [6.45, 7) is 5.24. The summed E-state index contributed by atoms with van der Waals surface area (Å²) >= 11 is 5.93. The zero-order valence-corrected chi connectivity index (χ0v) is 15.0. The van der Waals surface area contributed by atoms with Gasteiger partial charge in [-0.05, 0) is 32.9 Å². The van der Waals surface area contributed by atoms with Gasteiger partial charge < -0.3 is 19.6 Å². The Morgan fingerprint density at radius 3 is 2.56 bits per heavy atom. The first-order valence-corrected chi connectivity index (χ1v) is 8.10. The van der Waals surface area contributed by atoms with E-state index in [0.29, 0.717) is 0 Å². The molecule has 1 N–H and O–H groups in total. The molecular formula is C16H20ClN3O5. The number of carboxylic acid groups (broad SMARTS) is 1. The topological polar surface area (TPSA) is 100 Å². The van der Waals surface area contributed by atoms with E-state index in [1.54, 1.807) is 26.8 Å². The summed E-state index contributed by atoms with van der Waals surface area (Å²) in [5.41, 5.74) is -0.562. The van der Waals surface area contributed by atoms with Gasteiger partial charge in [0.05, 0.1) is 12.1 Å². The highest BCUT2D eigenvalue weighted by Gasteiger charge is 2.39. The maximum atomic E-state index is 12.6. The lowest BCUT2D eigenvalue weighted by atomic mass is 10.1. The fraction of sp³-hybridized carbons (Fsp3) is 0.500. The number of rotatable bonds is 2. The van der Waals surface area contributed by atoms with E-state index in [2.05, 4.69) is 4.98 Å².